The summed E-state index contributed by atoms with van der Waals surface area (Å²) in [6, 6.07) is 11.1. The first kappa shape index (κ1) is 19.2. The van der Waals surface area contributed by atoms with Gasteiger partial charge >= 0.3 is 0 Å². The van der Waals surface area contributed by atoms with Gasteiger partial charge in [0.15, 0.2) is 0 Å². The van der Waals surface area contributed by atoms with E-state index in [1.54, 1.807) is 7.11 Å². The average molecular weight is 384 g/mol. The predicted molar refractivity (Wildman–Crippen MR) is 101 cm³/mol. The lowest BCUT2D eigenvalue weighted by Crippen LogP contribution is -2.26. The van der Waals surface area contributed by atoms with Crippen molar-refractivity contribution in [2.75, 3.05) is 19.0 Å². The molecule has 0 bridgehead atoms. The maximum Gasteiger partial charge on any atom is 0.254 e. The van der Waals surface area contributed by atoms with Crippen LogP contribution in [0.15, 0.2) is 54.9 Å². The van der Waals surface area contributed by atoms with Crippen LogP contribution in [-0.4, -0.2) is 29.5 Å². The van der Waals surface area contributed by atoms with Gasteiger partial charge in [0.25, 0.3) is 5.91 Å². The third-order valence-corrected chi connectivity index (χ3v) is 3.99. The number of methoxy groups -OCH3 is 1. The summed E-state index contributed by atoms with van der Waals surface area (Å²) in [5, 5.41) is 5.24. The van der Waals surface area contributed by atoms with Crippen molar-refractivity contribution >= 4 is 17.5 Å². The second kappa shape index (κ2) is 8.90. The van der Waals surface area contributed by atoms with Crippen molar-refractivity contribution in [3.05, 3.63) is 77.6 Å². The molecule has 1 amide bonds. The van der Waals surface area contributed by atoms with E-state index in [1.807, 2.05) is 24.3 Å². The standard InChI is InChI=1S/C20H18F2N4O2/c1-28-17-8-3-2-5-13(17)9-10-23-19(27)14-11-24-20(25-12-14)26-18-15(21)6-4-7-16(18)22/h2-8,11-12H,9-10H2,1H3,(H,23,27)(H,24,25,26). The fraction of sp³-hybridized carbons (Fsp3) is 0.150. The molecule has 0 aliphatic carbocycles. The van der Waals surface area contributed by atoms with Gasteiger partial charge < -0.3 is 15.4 Å². The minimum absolute atomic E-state index is 0.0189. The van der Waals surface area contributed by atoms with Gasteiger partial charge in [-0.15, -0.1) is 0 Å². The molecular formula is C20H18F2N4O2. The van der Waals surface area contributed by atoms with Gasteiger partial charge in [0.05, 0.1) is 12.7 Å². The number of nitrogens with one attached hydrogen (secondary N) is 2. The lowest BCUT2D eigenvalue weighted by Gasteiger charge is -2.09. The number of rotatable bonds is 7. The van der Waals surface area contributed by atoms with E-state index >= 15 is 0 Å². The van der Waals surface area contributed by atoms with Gasteiger partial charge in [0, 0.05) is 18.9 Å². The molecule has 0 radical (unpaired) electrons. The van der Waals surface area contributed by atoms with Crippen LogP contribution in [0.4, 0.5) is 20.4 Å². The van der Waals surface area contributed by atoms with E-state index in [4.69, 9.17) is 4.74 Å². The molecule has 28 heavy (non-hydrogen) atoms. The Morgan fingerprint density at radius 1 is 1.04 bits per heavy atom. The fourth-order valence-electron chi connectivity index (χ4n) is 2.56. The summed E-state index contributed by atoms with van der Waals surface area (Å²) in [4.78, 5) is 20.1. The van der Waals surface area contributed by atoms with Gasteiger partial charge in [-0.3, -0.25) is 4.79 Å². The number of ether oxygens (including phenoxy) is 1. The first-order chi connectivity index (χ1) is 13.6. The highest BCUT2D eigenvalue weighted by molar-refractivity contribution is 5.93. The number of carbonyl (C=O) groups is 1. The van der Waals surface area contributed by atoms with Gasteiger partial charge in [-0.2, -0.15) is 0 Å². The molecule has 3 aromatic rings. The zero-order valence-corrected chi connectivity index (χ0v) is 15.1. The number of amides is 1. The van der Waals surface area contributed by atoms with Crippen molar-refractivity contribution in [3.63, 3.8) is 0 Å². The monoisotopic (exact) mass is 384 g/mol. The number of aromatic nitrogens is 2. The van der Waals surface area contributed by atoms with Crippen LogP contribution in [0.25, 0.3) is 0 Å². The van der Waals surface area contributed by atoms with E-state index in [-0.39, 0.29) is 23.1 Å². The maximum absolute atomic E-state index is 13.6. The van der Waals surface area contributed by atoms with Crippen molar-refractivity contribution in [2.24, 2.45) is 0 Å². The summed E-state index contributed by atoms with van der Waals surface area (Å²) >= 11 is 0. The Labute approximate surface area is 160 Å². The molecule has 8 heteroatoms. The molecule has 2 N–H and O–H groups in total. The third kappa shape index (κ3) is 4.59. The van der Waals surface area contributed by atoms with E-state index < -0.39 is 11.6 Å². The van der Waals surface area contributed by atoms with Gasteiger partial charge in [0.1, 0.15) is 23.1 Å². The fourth-order valence-corrected chi connectivity index (χ4v) is 2.56. The minimum Gasteiger partial charge on any atom is -0.496 e. The lowest BCUT2D eigenvalue weighted by molar-refractivity contribution is 0.0953. The molecule has 2 aromatic carbocycles. The van der Waals surface area contributed by atoms with Crippen molar-refractivity contribution in [2.45, 2.75) is 6.42 Å². The van der Waals surface area contributed by atoms with E-state index in [1.165, 1.54) is 18.5 Å². The van der Waals surface area contributed by atoms with Crippen molar-refractivity contribution in [1.82, 2.24) is 15.3 Å². The minimum atomic E-state index is -0.762. The Kier molecular flexibility index (Phi) is 6.11. The zero-order valence-electron chi connectivity index (χ0n) is 15.1. The summed E-state index contributed by atoms with van der Waals surface area (Å²) in [5.74, 6) is -1.13. The first-order valence-electron chi connectivity index (χ1n) is 8.51. The Bertz CT molecular complexity index is 944. The molecule has 0 aliphatic rings. The van der Waals surface area contributed by atoms with Crippen LogP contribution in [0.3, 0.4) is 0 Å². The molecular weight excluding hydrogens is 366 g/mol. The van der Waals surface area contributed by atoms with Gasteiger partial charge in [0.2, 0.25) is 5.95 Å². The van der Waals surface area contributed by atoms with E-state index in [9.17, 15) is 13.6 Å². The molecule has 1 heterocycles. The molecule has 0 spiro atoms. The normalized spacial score (nSPS) is 10.4. The summed E-state index contributed by atoms with van der Waals surface area (Å²) in [6.45, 7) is 0.402. The number of halogens is 2. The Hall–Kier alpha value is -3.55. The third-order valence-electron chi connectivity index (χ3n) is 3.99. The molecule has 0 saturated carbocycles. The predicted octanol–water partition coefficient (Wildman–Crippen LogP) is 3.48. The molecule has 1 aromatic heterocycles. The second-order valence-electron chi connectivity index (χ2n) is 5.83. The number of carbonyl (C=O) groups excluding carboxylic acids is 1. The molecule has 0 atom stereocenters. The largest absolute Gasteiger partial charge is 0.496 e. The van der Waals surface area contributed by atoms with Crippen molar-refractivity contribution in [3.8, 4) is 5.75 Å². The summed E-state index contributed by atoms with van der Waals surface area (Å²) in [5.41, 5.74) is 0.865. The number of hydrogen-bond acceptors (Lipinski definition) is 5. The molecule has 3 rings (SSSR count). The Balaban J connectivity index is 1.58. The van der Waals surface area contributed by atoms with Crippen LogP contribution in [0.1, 0.15) is 15.9 Å². The van der Waals surface area contributed by atoms with E-state index in [2.05, 4.69) is 20.6 Å². The number of anilines is 2. The van der Waals surface area contributed by atoms with Crippen LogP contribution in [0.5, 0.6) is 5.75 Å². The highest BCUT2D eigenvalue weighted by Crippen LogP contribution is 2.21. The van der Waals surface area contributed by atoms with Crippen molar-refractivity contribution < 1.29 is 18.3 Å². The molecule has 0 unspecified atom stereocenters. The quantitative estimate of drug-likeness (QED) is 0.652. The zero-order chi connectivity index (χ0) is 19.9. The van der Waals surface area contributed by atoms with Crippen LogP contribution in [-0.2, 0) is 6.42 Å². The summed E-state index contributed by atoms with van der Waals surface area (Å²) < 4.78 is 32.6. The van der Waals surface area contributed by atoms with Crippen LogP contribution in [0.2, 0.25) is 0 Å². The number of para-hydroxylation sites is 2. The maximum atomic E-state index is 13.6. The summed E-state index contributed by atoms with van der Waals surface area (Å²) in [6.07, 6.45) is 3.17. The first-order valence-corrected chi connectivity index (χ1v) is 8.51. The van der Waals surface area contributed by atoms with Gasteiger partial charge in [-0.05, 0) is 30.2 Å². The SMILES string of the molecule is COc1ccccc1CCNC(=O)c1cnc(Nc2c(F)cccc2F)nc1. The van der Waals surface area contributed by atoms with Crippen LogP contribution >= 0.6 is 0 Å². The van der Waals surface area contributed by atoms with Crippen LogP contribution in [0, 0.1) is 11.6 Å². The molecule has 6 nitrogen and oxygen atoms in total. The van der Waals surface area contributed by atoms with E-state index in [0.717, 1.165) is 23.4 Å². The van der Waals surface area contributed by atoms with Crippen LogP contribution < -0.4 is 15.4 Å². The Morgan fingerprint density at radius 3 is 2.39 bits per heavy atom. The number of nitrogens with zero attached hydrogens (tertiary/aromatic N) is 2. The Morgan fingerprint density at radius 2 is 1.71 bits per heavy atom. The van der Waals surface area contributed by atoms with Crippen molar-refractivity contribution in [1.29, 1.82) is 0 Å². The number of benzene rings is 2. The van der Waals surface area contributed by atoms with Gasteiger partial charge in [-0.25, -0.2) is 18.7 Å². The second-order valence-corrected chi connectivity index (χ2v) is 5.83. The average Bonchev–Trinajstić information content (AvgIpc) is 2.71. The molecule has 0 aliphatic heterocycles. The highest BCUT2D eigenvalue weighted by Gasteiger charge is 2.11. The van der Waals surface area contributed by atoms with E-state index in [0.29, 0.717) is 13.0 Å². The molecule has 0 fully saturated rings. The molecule has 144 valence electrons. The topological polar surface area (TPSA) is 76.1 Å². The summed E-state index contributed by atoms with van der Waals surface area (Å²) in [7, 11) is 1.59. The smallest absolute Gasteiger partial charge is 0.254 e. The molecule has 0 saturated heterocycles. The number of hydrogen-bond donors (Lipinski definition) is 2. The van der Waals surface area contributed by atoms with Gasteiger partial charge in [-0.1, -0.05) is 24.3 Å². The lowest BCUT2D eigenvalue weighted by atomic mass is 10.1. The highest BCUT2D eigenvalue weighted by atomic mass is 19.1.